The number of hydrogen-bond donors (Lipinski definition) is 2. The Morgan fingerprint density at radius 2 is 1.88 bits per heavy atom. The van der Waals surface area contributed by atoms with Crippen LogP contribution in [0.3, 0.4) is 0 Å². The summed E-state index contributed by atoms with van der Waals surface area (Å²) in [5.74, 6) is -0.741. The van der Waals surface area contributed by atoms with Crippen LogP contribution in [-0.2, 0) is 9.53 Å². The molecule has 0 spiro atoms. The van der Waals surface area contributed by atoms with Gasteiger partial charge in [0.05, 0.1) is 41.2 Å². The highest BCUT2D eigenvalue weighted by Crippen LogP contribution is 2.36. The summed E-state index contributed by atoms with van der Waals surface area (Å²) < 4.78 is 27.3. The number of pyridine rings is 1. The van der Waals surface area contributed by atoms with E-state index in [1.54, 1.807) is 72.3 Å². The highest BCUT2D eigenvalue weighted by molar-refractivity contribution is 6.10. The van der Waals surface area contributed by atoms with Crippen molar-refractivity contribution in [3.63, 3.8) is 0 Å². The van der Waals surface area contributed by atoms with Gasteiger partial charge in [-0.05, 0) is 74.2 Å². The molecule has 5 rings (SSSR count). The predicted octanol–water partition coefficient (Wildman–Crippen LogP) is 5.90. The van der Waals surface area contributed by atoms with Crippen molar-refractivity contribution in [3.05, 3.63) is 102 Å². The van der Waals surface area contributed by atoms with Crippen LogP contribution in [0.2, 0.25) is 0 Å². The quantitative estimate of drug-likeness (QED) is 0.179. The van der Waals surface area contributed by atoms with Gasteiger partial charge in [-0.2, -0.15) is 5.26 Å². The molecule has 9 heteroatoms. The molecule has 0 saturated heterocycles. The van der Waals surface area contributed by atoms with E-state index in [9.17, 15) is 19.2 Å². The van der Waals surface area contributed by atoms with E-state index in [0.29, 0.717) is 52.5 Å². The van der Waals surface area contributed by atoms with E-state index in [1.807, 2.05) is 0 Å². The van der Waals surface area contributed by atoms with Gasteiger partial charge in [0, 0.05) is 43.1 Å². The lowest BCUT2D eigenvalue weighted by atomic mass is 9.93. The van der Waals surface area contributed by atoms with Crippen LogP contribution < -0.4 is 15.4 Å². The third-order valence-electron chi connectivity index (χ3n) is 7.85. The number of amides is 1. The van der Waals surface area contributed by atoms with Crippen molar-refractivity contribution < 1.29 is 23.5 Å². The first-order chi connectivity index (χ1) is 20.9. The number of nitrogens with one attached hydrogen (secondary N) is 2. The number of benzene rings is 2. The molecule has 220 valence electrons. The van der Waals surface area contributed by atoms with E-state index < -0.39 is 5.82 Å². The molecule has 0 radical (unpaired) electrons. The van der Waals surface area contributed by atoms with Crippen LogP contribution in [0.4, 0.5) is 10.1 Å². The number of carbonyl (C=O) groups is 2. The SMILES string of the molecule is COc1cccc(F)c1-c1cccn2c(C(=O)c3ccc(NC(=O)/C=C/CNC4CCC(OC)CC4)c(C#N)c3)ccc12. The summed E-state index contributed by atoms with van der Waals surface area (Å²) in [7, 11) is 3.23. The fourth-order valence-electron chi connectivity index (χ4n) is 5.58. The van der Waals surface area contributed by atoms with E-state index in [-0.39, 0.29) is 22.8 Å². The van der Waals surface area contributed by atoms with Crippen molar-refractivity contribution in [3.8, 4) is 22.9 Å². The van der Waals surface area contributed by atoms with Crippen molar-refractivity contribution in [2.45, 2.75) is 37.8 Å². The fourth-order valence-corrected chi connectivity index (χ4v) is 5.58. The number of ether oxygens (including phenoxy) is 2. The van der Waals surface area contributed by atoms with E-state index in [0.717, 1.165) is 25.7 Å². The Morgan fingerprint density at radius 3 is 2.63 bits per heavy atom. The van der Waals surface area contributed by atoms with Crippen molar-refractivity contribution in [1.82, 2.24) is 9.72 Å². The van der Waals surface area contributed by atoms with Crippen LogP contribution in [0.15, 0.2) is 79.0 Å². The summed E-state index contributed by atoms with van der Waals surface area (Å²) in [6.45, 7) is 0.560. The number of nitriles is 1. The van der Waals surface area contributed by atoms with Gasteiger partial charge in [0.1, 0.15) is 17.6 Å². The maximum atomic E-state index is 14.9. The number of hydrogen-bond acceptors (Lipinski definition) is 6. The first-order valence-electron chi connectivity index (χ1n) is 14.2. The summed E-state index contributed by atoms with van der Waals surface area (Å²) in [5.41, 5.74) is 2.62. The third kappa shape index (κ3) is 6.51. The lowest BCUT2D eigenvalue weighted by molar-refractivity contribution is -0.111. The minimum absolute atomic E-state index is 0.165. The normalized spacial score (nSPS) is 16.7. The summed E-state index contributed by atoms with van der Waals surface area (Å²) in [6, 6.07) is 18.6. The van der Waals surface area contributed by atoms with Gasteiger partial charge in [-0.15, -0.1) is 0 Å². The second-order valence-electron chi connectivity index (χ2n) is 10.4. The standard InChI is InChI=1S/C34H33FN4O4/c1-42-25-13-11-24(12-14-25)37-18-4-9-32(40)38-28-15-10-22(20-23(28)21-36)34(41)30-17-16-29-26(6-5-19-39(29)30)33-27(35)7-3-8-31(33)43-2/h3-10,15-17,19-20,24-25,37H,11-14,18H2,1-2H3,(H,38,40)/b9-4+. The molecule has 2 heterocycles. The topological polar surface area (TPSA) is 105 Å². The first kappa shape index (κ1) is 29.7. The molecule has 1 amide bonds. The summed E-state index contributed by atoms with van der Waals surface area (Å²) in [5, 5.41) is 15.9. The van der Waals surface area contributed by atoms with Gasteiger partial charge < -0.3 is 24.5 Å². The zero-order valence-electron chi connectivity index (χ0n) is 24.1. The molecule has 8 nitrogen and oxygen atoms in total. The number of fused-ring (bicyclic) bond motifs is 1. The minimum Gasteiger partial charge on any atom is -0.496 e. The van der Waals surface area contributed by atoms with Crippen molar-refractivity contribution >= 4 is 22.9 Å². The molecule has 2 aromatic heterocycles. The van der Waals surface area contributed by atoms with Gasteiger partial charge in [-0.1, -0.05) is 18.2 Å². The highest BCUT2D eigenvalue weighted by atomic mass is 19.1. The maximum Gasteiger partial charge on any atom is 0.248 e. The second kappa shape index (κ2) is 13.5. The number of halogens is 1. The summed E-state index contributed by atoms with van der Waals surface area (Å²) >= 11 is 0. The average Bonchev–Trinajstić information content (AvgIpc) is 3.47. The van der Waals surface area contributed by atoms with Crippen LogP contribution in [0, 0.1) is 17.1 Å². The number of anilines is 1. The van der Waals surface area contributed by atoms with Gasteiger partial charge in [0.15, 0.2) is 0 Å². The van der Waals surface area contributed by atoms with Gasteiger partial charge >= 0.3 is 0 Å². The maximum absolute atomic E-state index is 14.9. The Hall–Kier alpha value is -4.78. The summed E-state index contributed by atoms with van der Waals surface area (Å²) in [6.07, 6.45) is 9.38. The molecule has 0 atom stereocenters. The molecule has 1 fully saturated rings. The first-order valence-corrected chi connectivity index (χ1v) is 14.2. The third-order valence-corrected chi connectivity index (χ3v) is 7.85. The van der Waals surface area contributed by atoms with Crippen LogP contribution in [0.5, 0.6) is 5.75 Å². The van der Waals surface area contributed by atoms with E-state index in [1.165, 1.54) is 25.3 Å². The molecule has 2 aromatic carbocycles. The second-order valence-corrected chi connectivity index (χ2v) is 10.4. The number of rotatable bonds is 10. The van der Waals surface area contributed by atoms with Crippen LogP contribution in [0.25, 0.3) is 16.6 Å². The number of carbonyl (C=O) groups excluding carboxylic acids is 2. The molecule has 43 heavy (non-hydrogen) atoms. The molecular formula is C34H33FN4O4. The van der Waals surface area contributed by atoms with Crippen molar-refractivity contribution in [1.29, 1.82) is 5.26 Å². The van der Waals surface area contributed by atoms with E-state index in [4.69, 9.17) is 9.47 Å². The molecule has 0 aliphatic heterocycles. The molecule has 0 unspecified atom stereocenters. The lowest BCUT2D eigenvalue weighted by Gasteiger charge is -2.27. The lowest BCUT2D eigenvalue weighted by Crippen LogP contribution is -2.35. The van der Waals surface area contributed by atoms with E-state index >= 15 is 0 Å². The number of nitrogens with zero attached hydrogens (tertiary/aromatic N) is 2. The Labute approximate surface area is 249 Å². The summed E-state index contributed by atoms with van der Waals surface area (Å²) in [4.78, 5) is 26.1. The molecule has 1 saturated carbocycles. The molecule has 0 bridgehead atoms. The Morgan fingerprint density at radius 1 is 1.07 bits per heavy atom. The van der Waals surface area contributed by atoms with Gasteiger partial charge in [-0.25, -0.2) is 4.39 Å². The van der Waals surface area contributed by atoms with Crippen molar-refractivity contribution in [2.75, 3.05) is 26.1 Å². The van der Waals surface area contributed by atoms with Gasteiger partial charge in [0.25, 0.3) is 0 Å². The molecule has 1 aliphatic carbocycles. The highest BCUT2D eigenvalue weighted by Gasteiger charge is 2.21. The van der Waals surface area contributed by atoms with Crippen LogP contribution in [0.1, 0.15) is 47.3 Å². The largest absolute Gasteiger partial charge is 0.496 e. The molecule has 4 aromatic rings. The number of methoxy groups -OCH3 is 2. The zero-order valence-corrected chi connectivity index (χ0v) is 24.1. The van der Waals surface area contributed by atoms with Crippen LogP contribution in [-0.4, -0.2) is 49.0 Å². The van der Waals surface area contributed by atoms with Gasteiger partial charge in [-0.3, -0.25) is 9.59 Å². The Balaban J connectivity index is 1.29. The molecular weight excluding hydrogens is 547 g/mol. The predicted molar refractivity (Wildman–Crippen MR) is 163 cm³/mol. The number of aromatic nitrogens is 1. The Kier molecular flexibility index (Phi) is 9.30. The minimum atomic E-state index is -0.436. The van der Waals surface area contributed by atoms with Gasteiger partial charge in [0.2, 0.25) is 11.7 Å². The smallest absolute Gasteiger partial charge is 0.248 e. The average molecular weight is 581 g/mol. The van der Waals surface area contributed by atoms with Crippen molar-refractivity contribution in [2.24, 2.45) is 0 Å². The fraction of sp³-hybridized carbons (Fsp3) is 0.265. The van der Waals surface area contributed by atoms with Crippen LogP contribution >= 0.6 is 0 Å². The molecule has 1 aliphatic rings. The Bertz CT molecular complexity index is 1710. The molecule has 2 N–H and O–H groups in total. The number of ketones is 1. The zero-order chi connectivity index (χ0) is 30.3. The monoisotopic (exact) mass is 580 g/mol. The van der Waals surface area contributed by atoms with E-state index in [2.05, 4.69) is 16.7 Å².